The minimum atomic E-state index is 0.474. The maximum absolute atomic E-state index is 6.31. The first-order valence-corrected chi connectivity index (χ1v) is 44.8. The van der Waals surface area contributed by atoms with E-state index in [1.54, 1.807) is 28.4 Å². The van der Waals surface area contributed by atoms with Gasteiger partial charge in [-0.1, -0.05) is 60.8 Å². The Morgan fingerprint density at radius 1 is 0.289 bits per heavy atom. The van der Waals surface area contributed by atoms with Gasteiger partial charge in [0.1, 0.15) is 23.0 Å². The molecule has 0 unspecified atom stereocenters. The molecule has 32 heteroatoms. The van der Waals surface area contributed by atoms with Gasteiger partial charge < -0.3 is 86.2 Å². The van der Waals surface area contributed by atoms with E-state index in [0.717, 1.165) is 226 Å². The Morgan fingerprint density at radius 2 is 0.602 bits per heavy atom. The summed E-state index contributed by atoms with van der Waals surface area (Å²) in [5.41, 5.74) is 13.7. The van der Waals surface area contributed by atoms with Crippen molar-refractivity contribution in [3.8, 4) is 23.0 Å². The Kier molecular flexibility index (Phi) is 29.4. The first-order chi connectivity index (χ1) is 62.8. The number of hydrogen-bond acceptors (Lipinski definition) is 29. The lowest BCUT2D eigenvalue weighted by Gasteiger charge is -2.27. The van der Waals surface area contributed by atoms with Crippen LogP contribution in [-0.4, -0.2) is 180 Å². The predicted molar refractivity (Wildman–Crippen MR) is 522 cm³/mol. The third kappa shape index (κ3) is 22.5. The van der Waals surface area contributed by atoms with Crippen LogP contribution in [0, 0.1) is 0 Å². The number of rotatable bonds is 32. The number of benzene rings is 9. The average Bonchev–Trinajstić information content (AvgIpc) is 0.770. The number of hydrogen-bond donors (Lipinski definition) is 9. The monoisotopic (exact) mass is 1780 g/mol. The predicted octanol–water partition coefficient (Wildman–Crippen LogP) is 20.2. The maximum Gasteiger partial charge on any atom is 0.233 e. The van der Waals surface area contributed by atoms with Crippen molar-refractivity contribution in [3.05, 3.63) is 208 Å². The van der Waals surface area contributed by atoms with Crippen LogP contribution in [0.5, 0.6) is 23.0 Å². The van der Waals surface area contributed by atoms with Crippen LogP contribution < -0.4 is 81.5 Å². The van der Waals surface area contributed by atoms with E-state index in [0.29, 0.717) is 108 Å². The summed E-state index contributed by atoms with van der Waals surface area (Å²) >= 11 is 18.9. The summed E-state index contributed by atoms with van der Waals surface area (Å²) in [5.74, 6) is 8.21. The van der Waals surface area contributed by atoms with Gasteiger partial charge in [0.05, 0.1) is 91.8 Å². The van der Waals surface area contributed by atoms with Crippen molar-refractivity contribution in [2.24, 2.45) is 0 Å². The average molecular weight is 1780 g/mol. The van der Waals surface area contributed by atoms with Gasteiger partial charge in [-0.25, -0.2) is 15.0 Å². The quantitative estimate of drug-likeness (QED) is 0.0140. The number of aryl methyl sites for hydroxylation is 2. The molecule has 3 aliphatic heterocycles. The molecule has 9 aromatic carbocycles. The number of aromatic nitrogens is 12. The lowest BCUT2D eigenvalue weighted by atomic mass is 10.0. The van der Waals surface area contributed by atoms with Crippen LogP contribution in [0.4, 0.5) is 87.7 Å². The molecule has 15 aromatic rings. The first-order valence-electron chi connectivity index (χ1n) is 43.7. The van der Waals surface area contributed by atoms with Crippen LogP contribution in [-0.2, 0) is 17.6 Å². The summed E-state index contributed by atoms with van der Waals surface area (Å²) in [6.45, 7) is 14.9. The largest absolute Gasteiger partial charge is 0.497 e. The molecule has 128 heavy (non-hydrogen) atoms. The second-order valence-corrected chi connectivity index (χ2v) is 32.4. The molecule has 3 aliphatic rings. The summed E-state index contributed by atoms with van der Waals surface area (Å²) in [6, 6.07) is 59.4. The van der Waals surface area contributed by atoms with Gasteiger partial charge in [-0.15, -0.1) is 0 Å². The van der Waals surface area contributed by atoms with Crippen LogP contribution in [0.3, 0.4) is 0 Å². The van der Waals surface area contributed by atoms with E-state index >= 15 is 0 Å². The second-order valence-electron chi connectivity index (χ2n) is 31.1. The van der Waals surface area contributed by atoms with Gasteiger partial charge in [-0.3, -0.25) is 0 Å². The van der Waals surface area contributed by atoms with Gasteiger partial charge >= 0.3 is 0 Å². The van der Waals surface area contributed by atoms with Gasteiger partial charge in [0.15, 0.2) is 0 Å². The van der Waals surface area contributed by atoms with Crippen LogP contribution in [0.1, 0.15) is 76.3 Å². The number of anilines is 15. The Bertz CT molecular complexity index is 6060. The van der Waals surface area contributed by atoms with Crippen molar-refractivity contribution in [1.29, 1.82) is 0 Å². The van der Waals surface area contributed by atoms with Gasteiger partial charge in [-0.05, 0) is 245 Å². The minimum Gasteiger partial charge on any atom is -0.497 e. The molecule has 660 valence electrons. The van der Waals surface area contributed by atoms with Crippen LogP contribution in [0.2, 0.25) is 15.1 Å². The Morgan fingerprint density at radius 3 is 0.969 bits per heavy atom. The number of halogens is 3. The first kappa shape index (κ1) is 88.1. The summed E-state index contributed by atoms with van der Waals surface area (Å²) in [7, 11) is 6.62. The summed E-state index contributed by atoms with van der Waals surface area (Å²) in [5, 5.41) is 39.5. The number of nitrogens with zero attached hydrogens (tertiary/aromatic N) is 15. The summed E-state index contributed by atoms with van der Waals surface area (Å²) in [6.07, 6.45) is 10.6. The third-order valence-electron chi connectivity index (χ3n) is 22.4. The van der Waals surface area contributed by atoms with Gasteiger partial charge in [0.25, 0.3) is 0 Å². The number of nitrogens with one attached hydrogen (secondary N) is 9. The summed E-state index contributed by atoms with van der Waals surface area (Å²) in [4.78, 5) is 63.6. The van der Waals surface area contributed by atoms with Crippen molar-refractivity contribution < 1.29 is 23.7 Å². The van der Waals surface area contributed by atoms with Crippen LogP contribution >= 0.6 is 34.8 Å². The molecule has 3 saturated heterocycles. The number of fused-ring (bicyclic) bond motifs is 6. The zero-order chi connectivity index (χ0) is 88.1. The zero-order valence-electron chi connectivity index (χ0n) is 72.7. The highest BCUT2D eigenvalue weighted by molar-refractivity contribution is 6.32. The molecule has 18 rings (SSSR count). The lowest BCUT2D eigenvalue weighted by Crippen LogP contribution is -2.37. The minimum absolute atomic E-state index is 0.474. The molecule has 0 radical (unpaired) electrons. The fraction of sp³-hybridized carbons (Fsp3) is 0.312. The van der Waals surface area contributed by atoms with E-state index in [4.69, 9.17) is 103 Å². The molecule has 0 atom stereocenters. The lowest BCUT2D eigenvalue weighted by molar-refractivity contribution is 0.122. The van der Waals surface area contributed by atoms with Crippen molar-refractivity contribution in [1.82, 2.24) is 59.8 Å². The molecular formula is C96H105Cl3N24O5. The molecule has 29 nitrogen and oxygen atoms in total. The zero-order valence-corrected chi connectivity index (χ0v) is 74.9. The third-order valence-corrected chi connectivity index (χ3v) is 23.1. The van der Waals surface area contributed by atoms with Crippen molar-refractivity contribution in [3.63, 3.8) is 0 Å². The molecule has 6 aromatic heterocycles. The van der Waals surface area contributed by atoms with E-state index in [1.807, 2.05) is 146 Å². The Hall–Kier alpha value is -13.4. The molecule has 0 saturated carbocycles. The normalized spacial score (nSPS) is 13.3. The van der Waals surface area contributed by atoms with Crippen molar-refractivity contribution in [2.45, 2.75) is 78.1 Å². The van der Waals surface area contributed by atoms with Crippen molar-refractivity contribution >= 4 is 188 Å². The SMILES string of the molecule is CCc1ccc2nc3cc(Cl)ccc3c(NCCCNc3nc(Nc4ccc(OC)cc4)nc(N4CCCCC4)n3)c2c1.CCc1ccc2nc3cc(Cl)ccc3c(NCCCNc3nc(Nc4ccc(OC)cc4)nc(N4CCOCC4)n3)c2c1.COc1ccc(Nc2nc(NCCNc3c4ccc(Cl)cc4nc4ccc(OC)cc34)nc(N3CCCCC3)n2)cc1. The second kappa shape index (κ2) is 42.8. The highest BCUT2D eigenvalue weighted by Crippen LogP contribution is 2.38. The molecule has 0 aliphatic carbocycles. The van der Waals surface area contributed by atoms with E-state index in [9.17, 15) is 0 Å². The number of piperidine rings is 2. The maximum atomic E-state index is 6.31. The van der Waals surface area contributed by atoms with E-state index in [2.05, 4.69) is 128 Å². The Labute approximate surface area is 758 Å². The highest BCUT2D eigenvalue weighted by atomic mass is 35.5. The van der Waals surface area contributed by atoms with Crippen molar-refractivity contribution in [2.75, 3.05) is 183 Å². The molecule has 0 bridgehead atoms. The highest BCUT2D eigenvalue weighted by Gasteiger charge is 2.23. The molecule has 9 N–H and O–H groups in total. The number of ether oxygens (including phenoxy) is 5. The molecule has 9 heterocycles. The smallest absolute Gasteiger partial charge is 0.233 e. The molecular weight excluding hydrogens is 1680 g/mol. The summed E-state index contributed by atoms with van der Waals surface area (Å²) < 4.78 is 26.9. The molecule has 3 fully saturated rings. The van der Waals surface area contributed by atoms with E-state index in [1.165, 1.54) is 24.0 Å². The fourth-order valence-electron chi connectivity index (χ4n) is 15.6. The Balaban J connectivity index is 0.000000141. The van der Waals surface area contributed by atoms with Gasteiger partial charge in [0.2, 0.25) is 53.5 Å². The standard InChI is InChI=1S/C33H37ClN8O.C32H35ClN8O2.C31H33ClN8O2/c1-3-22-8-15-28-27(20-22)30(26-14-9-23(34)21-29(26)38-28)35-16-7-17-36-31-39-32(37-24-10-12-25(43-2)13-11-24)41-33(40-31)42-18-5-4-6-19-42;1-3-21-5-12-27-26(19-21)29(25-11-6-22(33)20-28(25)37-27)34-13-4-14-35-30-38-31(36-23-7-9-24(42-2)10-8-23)40-32(39-30)41-15-17-43-18-16-41;1-41-22-9-7-21(8-10-22)35-30-37-29(38-31(39-30)40-16-4-3-5-17-40)34-15-14-33-28-24-12-6-20(32)18-27(24)36-26-13-11-23(42-2)19-25(26)28/h8-15,20-21H,3-7,16-19H2,1-2H3,(H,35,38)(H2,36,37,39,40,41);5-12,19-20H,3-4,13-18H2,1-2H3,(H,34,37)(H2,35,36,38,39,40);6-13,18-19H,3-5,14-17H2,1-2H3,(H,33,36)(H2,34,35,37,38,39). The van der Waals surface area contributed by atoms with Crippen LogP contribution in [0.15, 0.2) is 182 Å². The number of pyridine rings is 3. The van der Waals surface area contributed by atoms with E-state index in [-0.39, 0.29) is 0 Å². The van der Waals surface area contributed by atoms with Gasteiger partial charge in [-0.2, -0.15) is 44.9 Å². The topological polar surface area (TPSA) is 319 Å². The fourth-order valence-corrected chi connectivity index (χ4v) is 16.1. The van der Waals surface area contributed by atoms with Crippen LogP contribution in [0.25, 0.3) is 65.4 Å². The van der Waals surface area contributed by atoms with E-state index < -0.39 is 0 Å². The number of morpholine rings is 1. The molecule has 0 amide bonds. The molecule has 0 spiro atoms. The number of methoxy groups -OCH3 is 4. The van der Waals surface area contributed by atoms with Gasteiger partial charge in [0, 0.05) is 143 Å².